The van der Waals surface area contributed by atoms with Crippen LogP contribution in [0.2, 0.25) is 0 Å². The highest BCUT2D eigenvalue weighted by atomic mass is 127. The summed E-state index contributed by atoms with van der Waals surface area (Å²) in [6.07, 6.45) is 3.92. The molecule has 2 heterocycles. The van der Waals surface area contributed by atoms with Crippen molar-refractivity contribution in [3.05, 3.63) is 45.6 Å². The summed E-state index contributed by atoms with van der Waals surface area (Å²) >= 11 is 8.60. The van der Waals surface area contributed by atoms with Crippen LogP contribution in [0, 0.1) is 10.5 Å². The Morgan fingerprint density at radius 1 is 1.33 bits per heavy atom. The number of aromatic nitrogens is 4. The molecule has 1 aromatic carbocycles. The summed E-state index contributed by atoms with van der Waals surface area (Å²) < 4.78 is 5.33. The van der Waals surface area contributed by atoms with E-state index in [0.29, 0.717) is 0 Å². The molecule has 0 aliphatic rings. The van der Waals surface area contributed by atoms with Gasteiger partial charge in [-0.1, -0.05) is 0 Å². The van der Waals surface area contributed by atoms with E-state index < -0.39 is 0 Å². The second-order valence-electron chi connectivity index (χ2n) is 5.15. The van der Waals surface area contributed by atoms with Gasteiger partial charge in [0.25, 0.3) is 0 Å². The molecular formula is C15H16ClIN4. The quantitative estimate of drug-likeness (QED) is 0.475. The zero-order valence-electron chi connectivity index (χ0n) is 11.9. The molecule has 110 valence electrons. The van der Waals surface area contributed by atoms with E-state index in [0.717, 1.165) is 29.9 Å². The van der Waals surface area contributed by atoms with Crippen LogP contribution < -0.4 is 0 Å². The summed E-state index contributed by atoms with van der Waals surface area (Å²) in [4.78, 5) is 4.69. The van der Waals surface area contributed by atoms with Crippen molar-refractivity contribution in [2.75, 3.05) is 0 Å². The van der Waals surface area contributed by atoms with Gasteiger partial charge in [-0.25, -0.2) is 4.98 Å². The monoisotopic (exact) mass is 414 g/mol. The number of hydrogen-bond acceptors (Lipinski definition) is 2. The third-order valence-electron chi connectivity index (χ3n) is 3.41. The first-order valence-corrected chi connectivity index (χ1v) is 8.35. The van der Waals surface area contributed by atoms with E-state index in [1.54, 1.807) is 0 Å². The van der Waals surface area contributed by atoms with Gasteiger partial charge < -0.3 is 4.57 Å². The van der Waals surface area contributed by atoms with Crippen LogP contribution in [0.4, 0.5) is 0 Å². The van der Waals surface area contributed by atoms with E-state index >= 15 is 0 Å². The molecule has 0 saturated carbocycles. The highest BCUT2D eigenvalue weighted by molar-refractivity contribution is 14.1. The van der Waals surface area contributed by atoms with Crippen LogP contribution in [0.1, 0.15) is 23.7 Å². The Kier molecular flexibility index (Phi) is 4.21. The molecule has 0 aliphatic heterocycles. The van der Waals surface area contributed by atoms with Gasteiger partial charge in [-0.3, -0.25) is 4.68 Å². The van der Waals surface area contributed by atoms with Crippen molar-refractivity contribution < 1.29 is 0 Å². The average Bonchev–Trinajstić information content (AvgIpc) is 2.99. The summed E-state index contributed by atoms with van der Waals surface area (Å²) in [7, 11) is 0. The van der Waals surface area contributed by atoms with Gasteiger partial charge in [0.15, 0.2) is 0 Å². The molecule has 3 aromatic rings. The Balaban J connectivity index is 1.97. The molecule has 1 unspecified atom stereocenters. The van der Waals surface area contributed by atoms with Gasteiger partial charge >= 0.3 is 0 Å². The molecule has 4 nitrogen and oxygen atoms in total. The van der Waals surface area contributed by atoms with Crippen molar-refractivity contribution in [2.24, 2.45) is 0 Å². The Bertz CT molecular complexity index is 775. The van der Waals surface area contributed by atoms with Crippen molar-refractivity contribution in [1.82, 2.24) is 19.3 Å². The van der Waals surface area contributed by atoms with Crippen molar-refractivity contribution >= 4 is 45.2 Å². The number of alkyl halides is 1. The number of rotatable bonds is 4. The summed E-state index contributed by atoms with van der Waals surface area (Å²) in [5.41, 5.74) is 3.30. The normalized spacial score (nSPS) is 13.0. The van der Waals surface area contributed by atoms with Gasteiger partial charge in [0.05, 0.1) is 29.2 Å². The van der Waals surface area contributed by atoms with Crippen LogP contribution in [0.3, 0.4) is 0 Å². The molecule has 0 aliphatic carbocycles. The smallest absolute Gasteiger partial charge is 0.127 e. The minimum Gasteiger partial charge on any atom is -0.325 e. The number of fused-ring (bicyclic) bond motifs is 1. The molecule has 0 N–H and O–H groups in total. The maximum Gasteiger partial charge on any atom is 0.127 e. The first-order valence-electron chi connectivity index (χ1n) is 6.83. The molecule has 6 heteroatoms. The Hall–Kier alpha value is -1.08. The van der Waals surface area contributed by atoms with Crippen molar-refractivity contribution in [2.45, 2.75) is 32.3 Å². The molecule has 0 fully saturated rings. The second-order valence-corrected chi connectivity index (χ2v) is 7.05. The van der Waals surface area contributed by atoms with Crippen molar-refractivity contribution in [3.63, 3.8) is 0 Å². The molecule has 0 saturated heterocycles. The topological polar surface area (TPSA) is 35.6 Å². The molecule has 0 amide bonds. The number of halogens is 2. The molecule has 21 heavy (non-hydrogen) atoms. The third-order valence-corrected chi connectivity index (χ3v) is 4.28. The van der Waals surface area contributed by atoms with Crippen LogP contribution in [-0.4, -0.2) is 19.3 Å². The number of aryl methyl sites for hydroxylation is 3. The van der Waals surface area contributed by atoms with Gasteiger partial charge in [-0.2, -0.15) is 5.10 Å². The van der Waals surface area contributed by atoms with Crippen molar-refractivity contribution in [3.8, 4) is 0 Å². The number of hydrogen-bond donors (Lipinski definition) is 0. The minimum atomic E-state index is -0.116. The van der Waals surface area contributed by atoms with Crippen LogP contribution in [0.15, 0.2) is 30.6 Å². The Labute approximate surface area is 142 Å². The molecule has 0 radical (unpaired) electrons. The van der Waals surface area contributed by atoms with Crippen LogP contribution in [0.25, 0.3) is 11.0 Å². The fourth-order valence-electron chi connectivity index (χ4n) is 2.45. The maximum atomic E-state index is 6.30. The maximum absolute atomic E-state index is 6.30. The predicted molar refractivity (Wildman–Crippen MR) is 93.7 cm³/mol. The van der Waals surface area contributed by atoms with Gasteiger partial charge in [-0.15, -0.1) is 11.6 Å². The number of imidazole rings is 1. The van der Waals surface area contributed by atoms with Crippen LogP contribution in [-0.2, 0) is 13.1 Å². The first kappa shape index (κ1) is 14.8. The molecule has 3 rings (SSSR count). The SMILES string of the molecule is Cc1cnn(CCn2c(C(C)Cl)nc3cc(I)ccc32)c1. The molecule has 2 aromatic heterocycles. The number of nitrogens with zero attached hydrogens (tertiary/aromatic N) is 4. The lowest BCUT2D eigenvalue weighted by Gasteiger charge is -2.10. The van der Waals surface area contributed by atoms with E-state index in [1.165, 1.54) is 9.13 Å². The van der Waals surface area contributed by atoms with Gasteiger partial charge in [-0.05, 0) is 60.2 Å². The minimum absolute atomic E-state index is 0.116. The predicted octanol–water partition coefficient (Wildman–Crippen LogP) is 4.15. The first-order chi connectivity index (χ1) is 10.0. The molecular weight excluding hydrogens is 399 g/mol. The van der Waals surface area contributed by atoms with Gasteiger partial charge in [0, 0.05) is 16.3 Å². The summed E-state index contributed by atoms with van der Waals surface area (Å²) in [6, 6.07) is 6.30. The second kappa shape index (κ2) is 5.96. The average molecular weight is 415 g/mol. The fraction of sp³-hybridized carbons (Fsp3) is 0.333. The third kappa shape index (κ3) is 3.08. The highest BCUT2D eigenvalue weighted by Crippen LogP contribution is 2.25. The zero-order valence-corrected chi connectivity index (χ0v) is 14.8. The van der Waals surface area contributed by atoms with Crippen LogP contribution >= 0.6 is 34.2 Å². The Morgan fingerprint density at radius 3 is 2.81 bits per heavy atom. The largest absolute Gasteiger partial charge is 0.325 e. The van der Waals surface area contributed by atoms with Gasteiger partial charge in [0.1, 0.15) is 5.82 Å². The highest BCUT2D eigenvalue weighted by Gasteiger charge is 2.15. The van der Waals surface area contributed by atoms with E-state index in [-0.39, 0.29) is 5.38 Å². The molecule has 0 spiro atoms. The zero-order chi connectivity index (χ0) is 15.0. The lowest BCUT2D eigenvalue weighted by molar-refractivity contribution is 0.528. The summed E-state index contributed by atoms with van der Waals surface area (Å²) in [6.45, 7) is 5.62. The summed E-state index contributed by atoms with van der Waals surface area (Å²) in [5, 5.41) is 4.22. The van der Waals surface area contributed by atoms with E-state index in [2.05, 4.69) is 55.4 Å². The fourth-order valence-corrected chi connectivity index (χ4v) is 3.09. The van der Waals surface area contributed by atoms with E-state index in [9.17, 15) is 0 Å². The lowest BCUT2D eigenvalue weighted by Crippen LogP contribution is -2.11. The van der Waals surface area contributed by atoms with Gasteiger partial charge in [0.2, 0.25) is 0 Å². The lowest BCUT2D eigenvalue weighted by atomic mass is 10.3. The standard InChI is InChI=1S/C15H16ClIN4/c1-10-8-18-20(9-10)5-6-21-14-4-3-12(17)7-13(14)19-15(21)11(2)16/h3-4,7-9,11H,5-6H2,1-2H3. The molecule has 0 bridgehead atoms. The number of benzene rings is 1. The molecule has 1 atom stereocenters. The Morgan fingerprint density at radius 2 is 2.14 bits per heavy atom. The van der Waals surface area contributed by atoms with Crippen LogP contribution in [0.5, 0.6) is 0 Å². The summed E-state index contributed by atoms with van der Waals surface area (Å²) in [5.74, 6) is 0.914. The van der Waals surface area contributed by atoms with Crippen molar-refractivity contribution in [1.29, 1.82) is 0 Å². The van der Waals surface area contributed by atoms with E-state index in [1.807, 2.05) is 30.9 Å². The van der Waals surface area contributed by atoms with E-state index in [4.69, 9.17) is 11.6 Å².